The fourth-order valence-electron chi connectivity index (χ4n) is 3.14. The van der Waals surface area contributed by atoms with Crippen molar-refractivity contribution in [3.05, 3.63) is 24.0 Å². The van der Waals surface area contributed by atoms with E-state index >= 15 is 0 Å². The molecule has 0 radical (unpaired) electrons. The van der Waals surface area contributed by atoms with Crippen molar-refractivity contribution >= 4 is 23.3 Å². The highest BCUT2D eigenvalue weighted by Crippen LogP contribution is 2.22. The third kappa shape index (κ3) is 9.67. The summed E-state index contributed by atoms with van der Waals surface area (Å²) in [4.78, 5) is 2.13. The van der Waals surface area contributed by atoms with E-state index in [-0.39, 0.29) is 5.82 Å². The molecule has 1 aliphatic heterocycles. The van der Waals surface area contributed by atoms with Crippen molar-refractivity contribution in [1.29, 1.82) is 0 Å². The highest BCUT2D eigenvalue weighted by molar-refractivity contribution is 7.97. The van der Waals surface area contributed by atoms with E-state index in [2.05, 4.69) is 21.9 Å². The predicted molar refractivity (Wildman–Crippen MR) is 118 cm³/mol. The van der Waals surface area contributed by atoms with Crippen molar-refractivity contribution in [3.63, 3.8) is 0 Å². The number of hydrogen-bond donors (Lipinski definition) is 2. The molecule has 0 amide bonds. The zero-order chi connectivity index (χ0) is 19.9. The van der Waals surface area contributed by atoms with Crippen LogP contribution in [0, 0.1) is 5.82 Å². The van der Waals surface area contributed by atoms with Gasteiger partial charge in [0.05, 0.1) is 13.2 Å². The molecule has 0 bridgehead atoms. The summed E-state index contributed by atoms with van der Waals surface area (Å²) >= 11 is 1.86. The first-order valence-corrected chi connectivity index (χ1v) is 11.4. The highest BCUT2D eigenvalue weighted by Gasteiger charge is 2.13. The van der Waals surface area contributed by atoms with Crippen LogP contribution >= 0.6 is 11.9 Å². The highest BCUT2D eigenvalue weighted by atomic mass is 32.2. The molecule has 27 heavy (non-hydrogen) atoms. The number of nitrogens with zero attached hydrogens (tertiary/aromatic N) is 1. The molecule has 2 fully saturated rings. The Balaban J connectivity index is 0.000000265. The predicted octanol–water partition coefficient (Wildman–Crippen LogP) is 5.31. The summed E-state index contributed by atoms with van der Waals surface area (Å²) in [7, 11) is 1.79. The van der Waals surface area contributed by atoms with E-state index < -0.39 is 0 Å². The first-order valence-electron chi connectivity index (χ1n) is 10.4. The summed E-state index contributed by atoms with van der Waals surface area (Å²) in [6.45, 7) is 9.27. The van der Waals surface area contributed by atoms with Gasteiger partial charge in [0.15, 0.2) is 0 Å². The lowest BCUT2D eigenvalue weighted by molar-refractivity contribution is 0.122. The number of halogens is 1. The quantitative estimate of drug-likeness (QED) is 0.657. The Morgan fingerprint density at radius 2 is 1.78 bits per heavy atom. The van der Waals surface area contributed by atoms with Crippen LogP contribution in [0.3, 0.4) is 0 Å². The largest absolute Gasteiger partial charge is 0.388 e. The topological polar surface area (TPSA) is 36.5 Å². The fraction of sp³-hybridized carbons (Fsp3) is 0.714. The lowest BCUT2D eigenvalue weighted by atomic mass is 9.96. The van der Waals surface area contributed by atoms with Gasteiger partial charge in [0.1, 0.15) is 5.82 Å². The van der Waals surface area contributed by atoms with Crippen molar-refractivity contribution in [1.82, 2.24) is 4.72 Å². The van der Waals surface area contributed by atoms with Crippen LogP contribution in [0.15, 0.2) is 18.2 Å². The van der Waals surface area contributed by atoms with Gasteiger partial charge in [0.2, 0.25) is 0 Å². The zero-order valence-electron chi connectivity index (χ0n) is 17.5. The molecule has 1 aromatic rings. The zero-order valence-corrected chi connectivity index (χ0v) is 18.3. The van der Waals surface area contributed by atoms with Crippen LogP contribution < -0.4 is 14.9 Å². The number of anilines is 2. The molecule has 4 nitrogen and oxygen atoms in total. The van der Waals surface area contributed by atoms with Gasteiger partial charge >= 0.3 is 0 Å². The first kappa shape index (κ1) is 24.1. The van der Waals surface area contributed by atoms with Crippen molar-refractivity contribution < 1.29 is 9.13 Å². The molecule has 1 saturated heterocycles. The molecule has 0 unspecified atom stereocenters. The summed E-state index contributed by atoms with van der Waals surface area (Å²) in [5.74, 6) is 0.986. The van der Waals surface area contributed by atoms with Gasteiger partial charge in [-0.05, 0) is 31.0 Å². The third-order valence-electron chi connectivity index (χ3n) is 4.55. The summed E-state index contributed by atoms with van der Waals surface area (Å²) in [6, 6.07) is 5.82. The van der Waals surface area contributed by atoms with Crippen LogP contribution in [0.25, 0.3) is 0 Å². The molecule has 0 spiro atoms. The van der Waals surface area contributed by atoms with Gasteiger partial charge in [-0.2, -0.15) is 0 Å². The minimum atomic E-state index is -0.205. The minimum absolute atomic E-state index is 0.205. The van der Waals surface area contributed by atoms with Crippen LogP contribution in [-0.4, -0.2) is 45.1 Å². The Kier molecular flexibility index (Phi) is 13.4. The van der Waals surface area contributed by atoms with Crippen LogP contribution in [0.5, 0.6) is 0 Å². The van der Waals surface area contributed by atoms with E-state index in [4.69, 9.17) is 4.74 Å². The maximum absolute atomic E-state index is 13.3. The number of nitrogens with one attached hydrogen (secondary N) is 2. The molecule has 0 aromatic heterocycles. The summed E-state index contributed by atoms with van der Waals surface area (Å²) in [5.41, 5.74) is 1.72. The third-order valence-corrected chi connectivity index (χ3v) is 5.34. The minimum Gasteiger partial charge on any atom is -0.388 e. The normalized spacial score (nSPS) is 17.3. The molecule has 2 aliphatic rings. The Bertz CT molecular complexity index is 492. The molecule has 2 N–H and O–H groups in total. The fourth-order valence-corrected chi connectivity index (χ4v) is 3.78. The van der Waals surface area contributed by atoms with Gasteiger partial charge in [-0.3, -0.25) is 4.72 Å². The van der Waals surface area contributed by atoms with Gasteiger partial charge in [-0.1, -0.05) is 52.0 Å². The Hall–Kier alpha value is -0.980. The van der Waals surface area contributed by atoms with E-state index in [1.165, 1.54) is 43.9 Å². The van der Waals surface area contributed by atoms with Gasteiger partial charge in [-0.15, -0.1) is 0 Å². The molecule has 0 atom stereocenters. The molecule has 1 aliphatic carbocycles. The van der Waals surface area contributed by atoms with Crippen molar-refractivity contribution in [2.75, 3.05) is 49.3 Å². The van der Waals surface area contributed by atoms with E-state index in [9.17, 15) is 4.39 Å². The smallest absolute Gasteiger partial charge is 0.127 e. The number of hydrogen-bond acceptors (Lipinski definition) is 5. The van der Waals surface area contributed by atoms with Crippen molar-refractivity contribution in [2.45, 2.75) is 58.9 Å². The lowest BCUT2D eigenvalue weighted by Crippen LogP contribution is -2.36. The number of benzene rings is 1. The lowest BCUT2D eigenvalue weighted by Gasteiger charge is -2.29. The molecule has 6 heteroatoms. The molecular weight excluding hydrogens is 361 g/mol. The second-order valence-electron chi connectivity index (χ2n) is 6.43. The molecule has 3 rings (SSSR count). The average molecular weight is 400 g/mol. The summed E-state index contributed by atoms with van der Waals surface area (Å²) in [5, 5.41) is 2.95. The molecule has 1 heterocycles. The van der Waals surface area contributed by atoms with E-state index in [0.717, 1.165) is 30.5 Å². The number of rotatable bonds is 5. The standard InChI is InChI=1S/C11H15FN2O.C8H17NS.C2H6/c1-13-10-6-9(12)7-11(8-10)14-2-4-15-5-3-14;1-2-10-9-8-6-4-3-5-7-8;1-2/h6-8,13H,2-5H2,1H3;8-9H,2-7H2,1H3;1-2H3. The Labute approximate surface area is 169 Å². The van der Waals surface area contributed by atoms with Gasteiger partial charge in [0, 0.05) is 43.3 Å². The number of ether oxygens (including phenoxy) is 1. The van der Waals surface area contributed by atoms with Gasteiger partial charge < -0.3 is 15.0 Å². The van der Waals surface area contributed by atoms with Crippen molar-refractivity contribution in [3.8, 4) is 0 Å². The molecule has 156 valence electrons. The van der Waals surface area contributed by atoms with Crippen LogP contribution in [0.2, 0.25) is 0 Å². The summed E-state index contributed by atoms with van der Waals surface area (Å²) < 4.78 is 22.0. The van der Waals surface area contributed by atoms with Crippen LogP contribution in [-0.2, 0) is 4.74 Å². The first-order chi connectivity index (χ1) is 13.2. The van der Waals surface area contributed by atoms with E-state index in [1.54, 1.807) is 13.1 Å². The molecular formula is C21H38FN3OS. The summed E-state index contributed by atoms with van der Waals surface area (Å²) in [6.07, 6.45) is 7.11. The van der Waals surface area contributed by atoms with Gasteiger partial charge in [-0.25, -0.2) is 4.39 Å². The van der Waals surface area contributed by atoms with Crippen molar-refractivity contribution in [2.24, 2.45) is 0 Å². The molecule has 1 aromatic carbocycles. The average Bonchev–Trinajstić information content (AvgIpc) is 2.75. The molecule has 1 saturated carbocycles. The monoisotopic (exact) mass is 399 g/mol. The van der Waals surface area contributed by atoms with Crippen LogP contribution in [0.1, 0.15) is 52.9 Å². The maximum Gasteiger partial charge on any atom is 0.127 e. The van der Waals surface area contributed by atoms with Crippen LogP contribution in [0.4, 0.5) is 15.8 Å². The second-order valence-corrected chi connectivity index (χ2v) is 7.54. The Morgan fingerprint density at radius 1 is 1.11 bits per heavy atom. The maximum atomic E-state index is 13.3. The SMILES string of the molecule is CC.CCSNC1CCCCC1.CNc1cc(F)cc(N2CCOCC2)c1. The Morgan fingerprint density at radius 3 is 2.37 bits per heavy atom. The van der Waals surface area contributed by atoms with E-state index in [1.807, 2.05) is 31.9 Å². The van der Waals surface area contributed by atoms with E-state index in [0.29, 0.717) is 13.2 Å². The van der Waals surface area contributed by atoms with Gasteiger partial charge in [0.25, 0.3) is 0 Å². The second kappa shape index (κ2) is 15.0. The number of morpholine rings is 1.